The van der Waals surface area contributed by atoms with Gasteiger partial charge in [-0.05, 0) is 18.6 Å². The lowest BCUT2D eigenvalue weighted by Gasteiger charge is -2.21. The molecule has 0 radical (unpaired) electrons. The van der Waals surface area contributed by atoms with Gasteiger partial charge in [0.05, 0.1) is 5.00 Å². The van der Waals surface area contributed by atoms with E-state index in [0.29, 0.717) is 4.88 Å². The maximum atomic E-state index is 10.8. The van der Waals surface area contributed by atoms with Crippen LogP contribution in [-0.4, -0.2) is 24.2 Å². The number of nitrogens with zero attached hydrogens (tertiary/aromatic N) is 1. The molecule has 0 aromatic carbocycles. The number of rotatable bonds is 8. The van der Waals surface area contributed by atoms with Gasteiger partial charge in [-0.15, -0.1) is 17.9 Å². The molecule has 1 N–H and O–H groups in total. The fourth-order valence-corrected chi connectivity index (χ4v) is 2.49. The number of anilines is 1. The Bertz CT molecular complexity index is 373. The molecule has 1 rings (SSSR count). The highest BCUT2D eigenvalue weighted by molar-refractivity contribution is 7.17. The monoisotopic (exact) mass is 253 g/mol. The summed E-state index contributed by atoms with van der Waals surface area (Å²) in [5, 5.41) is 9.91. The van der Waals surface area contributed by atoms with Gasteiger partial charge in [0.1, 0.15) is 4.88 Å². The normalized spacial score (nSPS) is 10.2. The van der Waals surface area contributed by atoms with E-state index < -0.39 is 5.97 Å². The van der Waals surface area contributed by atoms with Crippen LogP contribution in [0.1, 0.15) is 35.9 Å². The molecule has 4 heteroatoms. The summed E-state index contributed by atoms with van der Waals surface area (Å²) in [6.45, 7) is 7.64. The number of unbranched alkanes of at least 4 members (excludes halogenated alkanes) is 2. The Kier molecular flexibility index (Phi) is 5.77. The van der Waals surface area contributed by atoms with E-state index in [1.165, 1.54) is 24.2 Å². The van der Waals surface area contributed by atoms with E-state index in [9.17, 15) is 4.79 Å². The molecule has 0 spiro atoms. The molecule has 1 aromatic rings. The Labute approximate surface area is 106 Å². The zero-order valence-electron chi connectivity index (χ0n) is 10.2. The van der Waals surface area contributed by atoms with Gasteiger partial charge in [0.2, 0.25) is 0 Å². The fourth-order valence-electron chi connectivity index (χ4n) is 1.61. The lowest BCUT2D eigenvalue weighted by molar-refractivity contribution is 0.0702. The van der Waals surface area contributed by atoms with Crippen LogP contribution in [0.4, 0.5) is 5.00 Å². The van der Waals surface area contributed by atoms with Crippen LogP contribution in [-0.2, 0) is 0 Å². The minimum atomic E-state index is -0.853. The molecule has 17 heavy (non-hydrogen) atoms. The van der Waals surface area contributed by atoms with Crippen molar-refractivity contribution in [2.24, 2.45) is 0 Å². The van der Waals surface area contributed by atoms with Crippen molar-refractivity contribution in [1.29, 1.82) is 0 Å². The number of thiophene rings is 1. The highest BCUT2D eigenvalue weighted by atomic mass is 32.1. The molecule has 0 aliphatic rings. The van der Waals surface area contributed by atoms with Gasteiger partial charge in [-0.3, -0.25) is 0 Å². The number of hydrogen-bond acceptors (Lipinski definition) is 3. The summed E-state index contributed by atoms with van der Waals surface area (Å²) in [5.74, 6) is -0.853. The molecule has 0 fully saturated rings. The zero-order chi connectivity index (χ0) is 12.7. The summed E-state index contributed by atoms with van der Waals surface area (Å²) in [6.07, 6.45) is 5.37. The van der Waals surface area contributed by atoms with Crippen LogP contribution >= 0.6 is 11.3 Å². The van der Waals surface area contributed by atoms with Gasteiger partial charge in [0.25, 0.3) is 0 Å². The predicted molar refractivity (Wildman–Crippen MR) is 73.2 cm³/mol. The number of aromatic carboxylic acids is 1. The van der Waals surface area contributed by atoms with Gasteiger partial charge in [-0.1, -0.05) is 25.8 Å². The van der Waals surface area contributed by atoms with Gasteiger partial charge in [-0.25, -0.2) is 4.79 Å². The maximum absolute atomic E-state index is 10.8. The van der Waals surface area contributed by atoms with E-state index in [0.717, 1.165) is 24.5 Å². The van der Waals surface area contributed by atoms with Crippen molar-refractivity contribution in [3.63, 3.8) is 0 Å². The second kappa shape index (κ2) is 7.12. The third-order valence-corrected chi connectivity index (χ3v) is 3.63. The lowest BCUT2D eigenvalue weighted by Crippen LogP contribution is -2.23. The second-order valence-corrected chi connectivity index (χ2v) is 4.95. The molecular weight excluding hydrogens is 234 g/mol. The molecule has 0 bridgehead atoms. The molecule has 3 nitrogen and oxygen atoms in total. The molecule has 94 valence electrons. The van der Waals surface area contributed by atoms with Crippen molar-refractivity contribution in [2.75, 3.05) is 18.0 Å². The molecule has 0 aliphatic heterocycles. The molecule has 0 aliphatic carbocycles. The Balaban J connectivity index is 2.67. The van der Waals surface area contributed by atoms with Gasteiger partial charge in [0, 0.05) is 13.1 Å². The molecule has 0 unspecified atom stereocenters. The Morgan fingerprint density at radius 2 is 2.29 bits per heavy atom. The molecule has 0 amide bonds. The van der Waals surface area contributed by atoms with E-state index >= 15 is 0 Å². The SMILES string of the molecule is C=CCN(CCCCC)c1ccc(C(=O)O)s1. The zero-order valence-corrected chi connectivity index (χ0v) is 11.0. The third-order valence-electron chi connectivity index (χ3n) is 2.50. The summed E-state index contributed by atoms with van der Waals surface area (Å²) >= 11 is 1.33. The summed E-state index contributed by atoms with van der Waals surface area (Å²) in [7, 11) is 0. The van der Waals surface area contributed by atoms with Crippen molar-refractivity contribution in [3.8, 4) is 0 Å². The first-order valence-electron chi connectivity index (χ1n) is 5.88. The average molecular weight is 253 g/mol. The van der Waals surface area contributed by atoms with Crippen LogP contribution < -0.4 is 4.90 Å². The topological polar surface area (TPSA) is 40.5 Å². The first-order valence-corrected chi connectivity index (χ1v) is 6.69. The molecule has 0 atom stereocenters. The molecule has 1 heterocycles. The van der Waals surface area contributed by atoms with Crippen LogP contribution in [0.5, 0.6) is 0 Å². The Hall–Kier alpha value is -1.29. The van der Waals surface area contributed by atoms with E-state index in [4.69, 9.17) is 5.11 Å². The van der Waals surface area contributed by atoms with Crippen molar-refractivity contribution >= 4 is 22.3 Å². The minimum absolute atomic E-state index is 0.393. The smallest absolute Gasteiger partial charge is 0.345 e. The predicted octanol–water partition coefficient (Wildman–Crippen LogP) is 3.63. The average Bonchev–Trinajstić information content (AvgIpc) is 2.77. The molecule has 0 saturated heterocycles. The fraction of sp³-hybridized carbons (Fsp3) is 0.462. The van der Waals surface area contributed by atoms with Crippen LogP contribution in [0.3, 0.4) is 0 Å². The van der Waals surface area contributed by atoms with Crippen LogP contribution in [0, 0.1) is 0 Å². The van der Waals surface area contributed by atoms with Crippen molar-refractivity contribution < 1.29 is 9.90 Å². The van der Waals surface area contributed by atoms with Crippen LogP contribution in [0.25, 0.3) is 0 Å². The van der Waals surface area contributed by atoms with Crippen LogP contribution in [0.2, 0.25) is 0 Å². The van der Waals surface area contributed by atoms with E-state index in [2.05, 4.69) is 18.4 Å². The summed E-state index contributed by atoms with van der Waals surface area (Å²) in [4.78, 5) is 13.4. The molecular formula is C13H19NO2S. The van der Waals surface area contributed by atoms with E-state index in [1.807, 2.05) is 12.1 Å². The van der Waals surface area contributed by atoms with E-state index in [1.54, 1.807) is 6.07 Å². The lowest BCUT2D eigenvalue weighted by atomic mass is 10.2. The number of carboxylic acids is 1. The third kappa shape index (κ3) is 4.23. The maximum Gasteiger partial charge on any atom is 0.345 e. The summed E-state index contributed by atoms with van der Waals surface area (Å²) in [6, 6.07) is 3.54. The van der Waals surface area contributed by atoms with Crippen molar-refractivity contribution in [2.45, 2.75) is 26.2 Å². The van der Waals surface area contributed by atoms with Gasteiger partial charge in [0.15, 0.2) is 0 Å². The first kappa shape index (κ1) is 13.8. The largest absolute Gasteiger partial charge is 0.477 e. The highest BCUT2D eigenvalue weighted by Gasteiger charge is 2.11. The first-order chi connectivity index (χ1) is 8.19. The van der Waals surface area contributed by atoms with Gasteiger partial charge < -0.3 is 10.0 Å². The van der Waals surface area contributed by atoms with E-state index in [-0.39, 0.29) is 0 Å². The number of hydrogen-bond donors (Lipinski definition) is 1. The van der Waals surface area contributed by atoms with Crippen LogP contribution in [0.15, 0.2) is 24.8 Å². The minimum Gasteiger partial charge on any atom is -0.477 e. The quantitative estimate of drug-likeness (QED) is 0.568. The highest BCUT2D eigenvalue weighted by Crippen LogP contribution is 2.26. The molecule has 0 saturated carbocycles. The Morgan fingerprint density at radius 1 is 1.53 bits per heavy atom. The molecule has 1 aromatic heterocycles. The van der Waals surface area contributed by atoms with Crippen molar-refractivity contribution in [1.82, 2.24) is 0 Å². The Morgan fingerprint density at radius 3 is 2.82 bits per heavy atom. The van der Waals surface area contributed by atoms with Gasteiger partial charge in [-0.2, -0.15) is 0 Å². The number of carboxylic acid groups (broad SMARTS) is 1. The van der Waals surface area contributed by atoms with Crippen molar-refractivity contribution in [3.05, 3.63) is 29.7 Å². The standard InChI is InChI=1S/C13H19NO2S/c1-3-5-6-10-14(9-4-2)12-8-7-11(17-12)13(15)16/h4,7-8H,2-3,5-6,9-10H2,1H3,(H,15,16). The summed E-state index contributed by atoms with van der Waals surface area (Å²) in [5.41, 5.74) is 0. The number of carbonyl (C=O) groups is 1. The second-order valence-electron chi connectivity index (χ2n) is 3.88. The summed E-state index contributed by atoms with van der Waals surface area (Å²) < 4.78 is 0. The van der Waals surface area contributed by atoms with Gasteiger partial charge >= 0.3 is 5.97 Å².